The van der Waals surface area contributed by atoms with Gasteiger partial charge in [0.1, 0.15) is 0 Å². The molecule has 0 N–H and O–H groups in total. The summed E-state index contributed by atoms with van der Waals surface area (Å²) >= 11 is 1.57. The van der Waals surface area contributed by atoms with Crippen LogP contribution in [0.15, 0.2) is 11.4 Å². The molecule has 2 aliphatic heterocycles. The van der Waals surface area contributed by atoms with E-state index >= 15 is 0 Å². The number of thiophene rings is 1. The molecule has 1 aromatic rings. The molecule has 2 aliphatic rings. The average molecular weight is 278 g/mol. The number of rotatable bonds is 2. The van der Waals surface area contributed by atoms with E-state index in [1.54, 1.807) is 11.3 Å². The third kappa shape index (κ3) is 2.43. The number of nitrogens with zero attached hydrogens (tertiary/aromatic N) is 2. The Morgan fingerprint density at radius 1 is 1.37 bits per heavy atom. The summed E-state index contributed by atoms with van der Waals surface area (Å²) in [4.78, 5) is 17.9. The highest BCUT2D eigenvalue weighted by Gasteiger charge is 2.38. The monoisotopic (exact) mass is 278 g/mol. The average Bonchev–Trinajstić information content (AvgIpc) is 2.76. The quantitative estimate of drug-likeness (QED) is 0.830. The number of likely N-dealkylation sites (tertiary alicyclic amines) is 2. The van der Waals surface area contributed by atoms with Crippen molar-refractivity contribution in [2.75, 3.05) is 19.6 Å². The first kappa shape index (κ1) is 13.1. The van der Waals surface area contributed by atoms with Gasteiger partial charge in [-0.1, -0.05) is 6.42 Å². The summed E-state index contributed by atoms with van der Waals surface area (Å²) in [6.07, 6.45) is 3.99. The Balaban J connectivity index is 1.58. The lowest BCUT2D eigenvalue weighted by Gasteiger charge is -2.49. The Morgan fingerprint density at radius 2 is 2.16 bits per heavy atom. The van der Waals surface area contributed by atoms with E-state index in [9.17, 15) is 4.79 Å². The van der Waals surface area contributed by atoms with Crippen LogP contribution in [0.5, 0.6) is 0 Å². The molecule has 1 atom stereocenters. The van der Waals surface area contributed by atoms with Gasteiger partial charge >= 0.3 is 0 Å². The fourth-order valence-corrected chi connectivity index (χ4v) is 4.12. The highest BCUT2D eigenvalue weighted by molar-refractivity contribution is 7.12. The van der Waals surface area contributed by atoms with E-state index in [1.165, 1.54) is 25.8 Å². The lowest BCUT2D eigenvalue weighted by molar-refractivity contribution is 0.00236. The Bertz CT molecular complexity index is 464. The lowest BCUT2D eigenvalue weighted by atomic mass is 9.97. The molecule has 0 radical (unpaired) electrons. The molecular weight excluding hydrogens is 256 g/mol. The van der Waals surface area contributed by atoms with E-state index < -0.39 is 0 Å². The van der Waals surface area contributed by atoms with E-state index in [0.29, 0.717) is 12.1 Å². The SMILES string of the molecule is Cc1ccsc1C(=O)N1CC(N2CCCCC2C)C1. The van der Waals surface area contributed by atoms with E-state index in [1.807, 2.05) is 23.3 Å². The molecule has 0 aliphatic carbocycles. The largest absolute Gasteiger partial charge is 0.335 e. The van der Waals surface area contributed by atoms with Crippen LogP contribution in [0, 0.1) is 6.92 Å². The second kappa shape index (κ2) is 5.25. The Hall–Kier alpha value is -0.870. The van der Waals surface area contributed by atoms with Gasteiger partial charge in [-0.2, -0.15) is 0 Å². The summed E-state index contributed by atoms with van der Waals surface area (Å²) < 4.78 is 0. The van der Waals surface area contributed by atoms with E-state index in [-0.39, 0.29) is 5.91 Å². The van der Waals surface area contributed by atoms with Crippen LogP contribution in [0.25, 0.3) is 0 Å². The zero-order chi connectivity index (χ0) is 13.4. The standard InChI is InChI=1S/C15H22N2OS/c1-11-6-8-19-14(11)15(18)16-9-13(10-16)17-7-4-3-5-12(17)2/h6,8,12-13H,3-5,7,9-10H2,1-2H3. The molecule has 1 unspecified atom stereocenters. The maximum atomic E-state index is 12.3. The second-order valence-electron chi connectivity index (χ2n) is 5.88. The molecule has 2 fully saturated rings. The zero-order valence-corrected chi connectivity index (χ0v) is 12.6. The summed E-state index contributed by atoms with van der Waals surface area (Å²) in [6.45, 7) is 7.40. The predicted molar refractivity (Wildman–Crippen MR) is 78.8 cm³/mol. The molecular formula is C15H22N2OS. The van der Waals surface area contributed by atoms with Crippen LogP contribution in [0.4, 0.5) is 0 Å². The van der Waals surface area contributed by atoms with Gasteiger partial charge in [0.2, 0.25) is 0 Å². The highest BCUT2D eigenvalue weighted by Crippen LogP contribution is 2.27. The minimum atomic E-state index is 0.230. The van der Waals surface area contributed by atoms with Gasteiger partial charge in [0.15, 0.2) is 0 Å². The fraction of sp³-hybridized carbons (Fsp3) is 0.667. The van der Waals surface area contributed by atoms with Crippen LogP contribution in [0.1, 0.15) is 41.4 Å². The topological polar surface area (TPSA) is 23.6 Å². The van der Waals surface area contributed by atoms with E-state index in [2.05, 4.69) is 11.8 Å². The van der Waals surface area contributed by atoms with Crippen molar-refractivity contribution in [2.24, 2.45) is 0 Å². The van der Waals surface area contributed by atoms with Crippen molar-refractivity contribution in [2.45, 2.75) is 45.2 Å². The Kier molecular flexibility index (Phi) is 3.63. The molecule has 1 aromatic heterocycles. The van der Waals surface area contributed by atoms with E-state index in [4.69, 9.17) is 0 Å². The molecule has 2 saturated heterocycles. The van der Waals surface area contributed by atoms with E-state index in [0.717, 1.165) is 23.5 Å². The molecule has 0 saturated carbocycles. The molecule has 3 nitrogen and oxygen atoms in total. The second-order valence-corrected chi connectivity index (χ2v) is 6.80. The van der Waals surface area contributed by atoms with Crippen LogP contribution < -0.4 is 0 Å². The Morgan fingerprint density at radius 3 is 2.79 bits per heavy atom. The van der Waals surface area contributed by atoms with Gasteiger partial charge in [0.25, 0.3) is 5.91 Å². The normalized spacial score (nSPS) is 25.4. The van der Waals surface area contributed by atoms with Gasteiger partial charge < -0.3 is 4.90 Å². The van der Waals surface area contributed by atoms with Gasteiger partial charge in [-0.15, -0.1) is 11.3 Å². The van der Waals surface area contributed by atoms with Crippen molar-refractivity contribution < 1.29 is 4.79 Å². The molecule has 19 heavy (non-hydrogen) atoms. The smallest absolute Gasteiger partial charge is 0.264 e. The van der Waals surface area contributed by atoms with Gasteiger partial charge in [-0.25, -0.2) is 0 Å². The number of aryl methyl sites for hydroxylation is 1. The van der Waals surface area contributed by atoms with Crippen molar-refractivity contribution >= 4 is 17.2 Å². The van der Waals surface area contributed by atoms with Gasteiger partial charge in [-0.3, -0.25) is 9.69 Å². The number of hydrogen-bond acceptors (Lipinski definition) is 3. The first-order valence-electron chi connectivity index (χ1n) is 7.26. The van der Waals surface area contributed by atoms with Crippen molar-refractivity contribution in [1.29, 1.82) is 0 Å². The Labute approximate surface area is 119 Å². The third-order valence-electron chi connectivity index (χ3n) is 4.53. The van der Waals surface area contributed by atoms with Gasteiger partial charge in [-0.05, 0) is 50.2 Å². The van der Waals surface area contributed by atoms with Crippen molar-refractivity contribution in [3.05, 3.63) is 21.9 Å². The maximum Gasteiger partial charge on any atom is 0.264 e. The van der Waals surface area contributed by atoms with Crippen LogP contribution in [0.3, 0.4) is 0 Å². The number of carbonyl (C=O) groups excluding carboxylic acids is 1. The van der Waals surface area contributed by atoms with Gasteiger partial charge in [0.05, 0.1) is 4.88 Å². The predicted octanol–water partition coefficient (Wildman–Crippen LogP) is 2.76. The summed E-state index contributed by atoms with van der Waals surface area (Å²) in [5, 5.41) is 2.01. The number of amides is 1. The van der Waals surface area contributed by atoms with Crippen LogP contribution in [-0.2, 0) is 0 Å². The minimum absolute atomic E-state index is 0.230. The highest BCUT2D eigenvalue weighted by atomic mass is 32.1. The van der Waals surface area contributed by atoms with Crippen molar-refractivity contribution in [3.8, 4) is 0 Å². The first-order chi connectivity index (χ1) is 9.16. The number of hydrogen-bond donors (Lipinski definition) is 0. The fourth-order valence-electron chi connectivity index (χ4n) is 3.23. The molecule has 0 aromatic carbocycles. The number of carbonyl (C=O) groups is 1. The van der Waals surface area contributed by atoms with Crippen LogP contribution >= 0.6 is 11.3 Å². The molecule has 1 amide bonds. The minimum Gasteiger partial charge on any atom is -0.335 e. The zero-order valence-electron chi connectivity index (χ0n) is 11.8. The van der Waals surface area contributed by atoms with Crippen molar-refractivity contribution in [1.82, 2.24) is 9.80 Å². The summed E-state index contributed by atoms with van der Waals surface area (Å²) in [7, 11) is 0. The number of piperidine rings is 1. The molecule has 0 spiro atoms. The molecule has 0 bridgehead atoms. The van der Waals surface area contributed by atoms with Crippen molar-refractivity contribution in [3.63, 3.8) is 0 Å². The lowest BCUT2D eigenvalue weighted by Crippen LogP contribution is -2.63. The summed E-state index contributed by atoms with van der Waals surface area (Å²) in [6, 6.07) is 3.32. The van der Waals surface area contributed by atoms with Gasteiger partial charge in [0, 0.05) is 25.2 Å². The molecule has 4 heteroatoms. The van der Waals surface area contributed by atoms with Crippen LogP contribution in [-0.4, -0.2) is 47.4 Å². The molecule has 104 valence electrons. The first-order valence-corrected chi connectivity index (χ1v) is 8.14. The summed E-state index contributed by atoms with van der Waals surface area (Å²) in [5.74, 6) is 0.230. The maximum absolute atomic E-state index is 12.3. The third-order valence-corrected chi connectivity index (χ3v) is 5.53. The molecule has 3 heterocycles. The van der Waals surface area contributed by atoms with Crippen LogP contribution in [0.2, 0.25) is 0 Å². The summed E-state index contributed by atoms with van der Waals surface area (Å²) in [5.41, 5.74) is 1.12. The molecule has 3 rings (SSSR count).